The second kappa shape index (κ2) is 8.19. The van der Waals surface area contributed by atoms with Gasteiger partial charge in [0, 0.05) is 18.2 Å². The molecule has 1 unspecified atom stereocenters. The normalized spacial score (nSPS) is 11.9. The van der Waals surface area contributed by atoms with Crippen molar-refractivity contribution in [1.29, 1.82) is 0 Å². The first-order chi connectivity index (χ1) is 10.7. The number of hydrogen-bond donors (Lipinski definition) is 3. The van der Waals surface area contributed by atoms with Gasteiger partial charge >= 0.3 is 6.03 Å². The second-order valence-electron chi connectivity index (χ2n) is 4.93. The first-order valence-corrected chi connectivity index (χ1v) is 7.38. The van der Waals surface area contributed by atoms with Gasteiger partial charge in [-0.25, -0.2) is 9.78 Å². The van der Waals surface area contributed by atoms with E-state index in [1.807, 2.05) is 37.3 Å². The Bertz CT molecular complexity index is 583. The third kappa shape index (κ3) is 4.60. The Morgan fingerprint density at radius 1 is 1.36 bits per heavy atom. The van der Waals surface area contributed by atoms with E-state index in [1.165, 1.54) is 0 Å². The van der Waals surface area contributed by atoms with E-state index in [-0.39, 0.29) is 25.2 Å². The molecule has 0 saturated carbocycles. The van der Waals surface area contributed by atoms with E-state index < -0.39 is 0 Å². The van der Waals surface area contributed by atoms with Crippen molar-refractivity contribution in [1.82, 2.24) is 15.6 Å². The molecule has 1 heterocycles. The van der Waals surface area contributed by atoms with Crippen LogP contribution in [0.5, 0.6) is 0 Å². The number of aromatic nitrogens is 1. The maximum atomic E-state index is 11.8. The summed E-state index contributed by atoms with van der Waals surface area (Å²) in [5, 5.41) is 14.4. The summed E-state index contributed by atoms with van der Waals surface area (Å²) in [6.07, 6.45) is 2.96. The SMILES string of the molecule is CCC(CCO)NC(=O)NCc1ncc(-c2ccccc2)o1. The van der Waals surface area contributed by atoms with Crippen LogP contribution in [0.15, 0.2) is 40.9 Å². The first kappa shape index (κ1) is 16.0. The maximum absolute atomic E-state index is 11.8. The van der Waals surface area contributed by atoms with Crippen molar-refractivity contribution in [2.75, 3.05) is 6.61 Å². The Hall–Kier alpha value is -2.34. The summed E-state index contributed by atoms with van der Waals surface area (Å²) in [4.78, 5) is 15.9. The van der Waals surface area contributed by atoms with E-state index in [0.717, 1.165) is 12.0 Å². The van der Waals surface area contributed by atoms with Crippen LogP contribution in [0.3, 0.4) is 0 Å². The monoisotopic (exact) mass is 303 g/mol. The predicted octanol–water partition coefficient (Wildman–Crippen LogP) is 2.30. The summed E-state index contributed by atoms with van der Waals surface area (Å²) >= 11 is 0. The minimum Gasteiger partial charge on any atom is -0.439 e. The standard InChI is InChI=1S/C16H21N3O3/c1-2-13(8-9-20)19-16(21)18-11-15-17-10-14(22-15)12-6-4-3-5-7-12/h3-7,10,13,20H,2,8-9,11H2,1H3,(H2,18,19,21). The fourth-order valence-electron chi connectivity index (χ4n) is 2.05. The van der Waals surface area contributed by atoms with Gasteiger partial charge < -0.3 is 20.2 Å². The molecule has 1 atom stereocenters. The van der Waals surface area contributed by atoms with E-state index in [9.17, 15) is 4.79 Å². The van der Waals surface area contributed by atoms with E-state index in [2.05, 4.69) is 15.6 Å². The predicted molar refractivity (Wildman–Crippen MR) is 83.1 cm³/mol. The summed E-state index contributed by atoms with van der Waals surface area (Å²) in [7, 11) is 0. The molecule has 0 fully saturated rings. The lowest BCUT2D eigenvalue weighted by Crippen LogP contribution is -2.41. The van der Waals surface area contributed by atoms with Crippen LogP contribution >= 0.6 is 0 Å². The number of carbonyl (C=O) groups is 1. The molecule has 0 spiro atoms. The summed E-state index contributed by atoms with van der Waals surface area (Å²) in [6, 6.07) is 9.33. The molecule has 0 aliphatic carbocycles. The number of aliphatic hydroxyl groups is 1. The average Bonchev–Trinajstić information content (AvgIpc) is 3.02. The third-order valence-corrected chi connectivity index (χ3v) is 3.32. The molecule has 6 nitrogen and oxygen atoms in total. The van der Waals surface area contributed by atoms with Crippen LogP contribution in [0.4, 0.5) is 4.79 Å². The molecule has 0 bridgehead atoms. The zero-order valence-electron chi connectivity index (χ0n) is 12.6. The van der Waals surface area contributed by atoms with Gasteiger partial charge in [0.25, 0.3) is 0 Å². The third-order valence-electron chi connectivity index (χ3n) is 3.32. The highest BCUT2D eigenvalue weighted by atomic mass is 16.4. The average molecular weight is 303 g/mol. The van der Waals surface area contributed by atoms with Gasteiger partial charge in [0.05, 0.1) is 12.7 Å². The molecule has 0 aliphatic heterocycles. The number of nitrogens with zero attached hydrogens (tertiary/aromatic N) is 1. The van der Waals surface area contributed by atoms with Crippen LogP contribution in [-0.2, 0) is 6.54 Å². The Morgan fingerprint density at radius 3 is 2.82 bits per heavy atom. The molecule has 2 aromatic rings. The van der Waals surface area contributed by atoms with Gasteiger partial charge in [-0.1, -0.05) is 37.3 Å². The van der Waals surface area contributed by atoms with Crippen molar-refractivity contribution in [2.45, 2.75) is 32.4 Å². The molecular weight excluding hydrogens is 282 g/mol. The largest absolute Gasteiger partial charge is 0.439 e. The zero-order chi connectivity index (χ0) is 15.8. The highest BCUT2D eigenvalue weighted by molar-refractivity contribution is 5.74. The van der Waals surface area contributed by atoms with Crippen molar-refractivity contribution in [2.24, 2.45) is 0 Å². The van der Waals surface area contributed by atoms with E-state index >= 15 is 0 Å². The summed E-state index contributed by atoms with van der Waals surface area (Å²) < 4.78 is 5.61. The van der Waals surface area contributed by atoms with Crippen LogP contribution in [0.25, 0.3) is 11.3 Å². The van der Waals surface area contributed by atoms with Crippen LogP contribution < -0.4 is 10.6 Å². The topological polar surface area (TPSA) is 87.4 Å². The van der Waals surface area contributed by atoms with Crippen LogP contribution in [0.1, 0.15) is 25.7 Å². The number of rotatable bonds is 7. The number of nitrogens with one attached hydrogen (secondary N) is 2. The smallest absolute Gasteiger partial charge is 0.315 e. The van der Waals surface area contributed by atoms with Crippen LogP contribution in [0.2, 0.25) is 0 Å². The molecule has 1 aromatic heterocycles. The fourth-order valence-corrected chi connectivity index (χ4v) is 2.05. The molecule has 22 heavy (non-hydrogen) atoms. The van der Waals surface area contributed by atoms with Gasteiger partial charge in [0.15, 0.2) is 5.76 Å². The van der Waals surface area contributed by atoms with Crippen molar-refractivity contribution >= 4 is 6.03 Å². The van der Waals surface area contributed by atoms with Crippen molar-refractivity contribution in [3.63, 3.8) is 0 Å². The van der Waals surface area contributed by atoms with Crippen LogP contribution in [-0.4, -0.2) is 28.8 Å². The minimum atomic E-state index is -0.292. The lowest BCUT2D eigenvalue weighted by Gasteiger charge is -2.15. The number of urea groups is 1. The lowest BCUT2D eigenvalue weighted by atomic mass is 10.2. The fraction of sp³-hybridized carbons (Fsp3) is 0.375. The lowest BCUT2D eigenvalue weighted by molar-refractivity contribution is 0.226. The minimum absolute atomic E-state index is 0.0329. The van der Waals surface area contributed by atoms with Gasteiger partial charge in [0.2, 0.25) is 5.89 Å². The van der Waals surface area contributed by atoms with Crippen molar-refractivity contribution < 1.29 is 14.3 Å². The van der Waals surface area contributed by atoms with Gasteiger partial charge in [0.1, 0.15) is 0 Å². The van der Waals surface area contributed by atoms with Crippen molar-refractivity contribution in [3.05, 3.63) is 42.4 Å². The van der Waals surface area contributed by atoms with Gasteiger partial charge in [-0.05, 0) is 12.8 Å². The molecule has 1 aromatic carbocycles. The number of hydrogen-bond acceptors (Lipinski definition) is 4. The Kier molecular flexibility index (Phi) is 5.97. The van der Waals surface area contributed by atoms with Crippen molar-refractivity contribution in [3.8, 4) is 11.3 Å². The molecular formula is C16H21N3O3. The molecule has 2 amide bonds. The first-order valence-electron chi connectivity index (χ1n) is 7.38. The Balaban J connectivity index is 1.85. The van der Waals surface area contributed by atoms with Gasteiger partial charge in [-0.3, -0.25) is 0 Å². The zero-order valence-corrected chi connectivity index (χ0v) is 12.6. The molecule has 0 radical (unpaired) electrons. The molecule has 6 heteroatoms. The van der Waals surface area contributed by atoms with Gasteiger partial charge in [-0.15, -0.1) is 0 Å². The Labute approximate surface area is 129 Å². The Morgan fingerprint density at radius 2 is 2.14 bits per heavy atom. The number of amides is 2. The van der Waals surface area contributed by atoms with Gasteiger partial charge in [-0.2, -0.15) is 0 Å². The summed E-state index contributed by atoms with van der Waals surface area (Å²) in [5.41, 5.74) is 0.944. The maximum Gasteiger partial charge on any atom is 0.315 e. The highest BCUT2D eigenvalue weighted by Crippen LogP contribution is 2.19. The number of carbonyl (C=O) groups excluding carboxylic acids is 1. The van der Waals surface area contributed by atoms with Crippen LogP contribution in [0, 0.1) is 0 Å². The van der Waals surface area contributed by atoms with E-state index in [1.54, 1.807) is 6.20 Å². The quantitative estimate of drug-likeness (QED) is 0.732. The number of benzene rings is 1. The second-order valence-corrected chi connectivity index (χ2v) is 4.93. The number of aliphatic hydroxyl groups excluding tert-OH is 1. The highest BCUT2D eigenvalue weighted by Gasteiger charge is 2.11. The molecule has 0 saturated heterocycles. The molecule has 118 valence electrons. The molecule has 2 rings (SSSR count). The van der Waals surface area contributed by atoms with E-state index in [4.69, 9.17) is 9.52 Å². The molecule has 0 aliphatic rings. The summed E-state index contributed by atoms with van der Waals surface area (Å²) in [5.74, 6) is 1.12. The number of oxazole rings is 1. The van der Waals surface area contributed by atoms with E-state index in [0.29, 0.717) is 18.1 Å². The molecule has 3 N–H and O–H groups in total. The summed E-state index contributed by atoms with van der Waals surface area (Å²) in [6.45, 7) is 2.23.